The normalized spacial score (nSPS) is 17.3. The van der Waals surface area contributed by atoms with E-state index in [0.29, 0.717) is 18.3 Å². The molecule has 6 nitrogen and oxygen atoms in total. The van der Waals surface area contributed by atoms with Gasteiger partial charge in [0, 0.05) is 18.5 Å². The molecular formula is C23H26N4O2S2. The van der Waals surface area contributed by atoms with Crippen LogP contribution in [0.25, 0.3) is 21.3 Å². The fourth-order valence-electron chi connectivity index (χ4n) is 4.31. The van der Waals surface area contributed by atoms with Gasteiger partial charge in [-0.2, -0.15) is 0 Å². The predicted molar refractivity (Wildman–Crippen MR) is 127 cm³/mol. The molecule has 0 bridgehead atoms. The molecule has 1 N–H and O–H groups in total. The van der Waals surface area contributed by atoms with Crippen LogP contribution in [-0.4, -0.2) is 33.2 Å². The number of hydrogen-bond acceptors (Lipinski definition) is 6. The van der Waals surface area contributed by atoms with Gasteiger partial charge in [0.05, 0.1) is 28.3 Å². The first-order valence-electron chi connectivity index (χ1n) is 10.7. The highest BCUT2D eigenvalue weighted by Gasteiger charge is 2.24. The molecule has 0 radical (unpaired) electrons. The molecule has 5 rings (SSSR count). The largest absolute Gasteiger partial charge is 0.383 e. The van der Waals surface area contributed by atoms with Crippen LogP contribution in [0.2, 0.25) is 0 Å². The summed E-state index contributed by atoms with van der Waals surface area (Å²) in [6, 6.07) is 8.13. The molecule has 8 heteroatoms. The zero-order valence-corrected chi connectivity index (χ0v) is 19.6. The van der Waals surface area contributed by atoms with E-state index in [4.69, 9.17) is 14.7 Å². The lowest BCUT2D eigenvalue weighted by molar-refractivity contribution is 0.186. The molecule has 3 heterocycles. The monoisotopic (exact) mass is 454 g/mol. The van der Waals surface area contributed by atoms with Crippen LogP contribution in [0.4, 0.5) is 0 Å². The zero-order chi connectivity index (χ0) is 21.5. The Kier molecular flexibility index (Phi) is 5.62. The molecule has 0 amide bonds. The smallest absolute Gasteiger partial charge is 0.259 e. The van der Waals surface area contributed by atoms with Crippen LogP contribution in [0.1, 0.15) is 41.8 Å². The van der Waals surface area contributed by atoms with Crippen LogP contribution in [0, 0.1) is 5.92 Å². The van der Waals surface area contributed by atoms with Crippen molar-refractivity contribution < 1.29 is 4.74 Å². The summed E-state index contributed by atoms with van der Waals surface area (Å²) >= 11 is 3.32. The first kappa shape index (κ1) is 20.7. The predicted octanol–water partition coefficient (Wildman–Crippen LogP) is 4.96. The van der Waals surface area contributed by atoms with E-state index >= 15 is 0 Å². The van der Waals surface area contributed by atoms with Crippen molar-refractivity contribution in [3.05, 3.63) is 50.9 Å². The van der Waals surface area contributed by atoms with Gasteiger partial charge in [-0.1, -0.05) is 30.8 Å². The third-order valence-electron chi connectivity index (χ3n) is 5.99. The Balaban J connectivity index is 1.50. The van der Waals surface area contributed by atoms with Gasteiger partial charge in [0.1, 0.15) is 10.7 Å². The van der Waals surface area contributed by atoms with E-state index in [0.717, 1.165) is 52.2 Å². The average Bonchev–Trinajstić information content (AvgIpc) is 3.29. The SMILES string of the molecule is COCCn1c(SC(C)c2nc3sc4c(c3c(=O)[nH]2)CCC(C)C4)nc2ccccc21. The number of imidazole rings is 1. The molecule has 1 aliphatic rings. The number of rotatable bonds is 6. The second-order valence-corrected chi connectivity index (χ2v) is 10.7. The van der Waals surface area contributed by atoms with Crippen molar-refractivity contribution >= 4 is 44.3 Å². The summed E-state index contributed by atoms with van der Waals surface area (Å²) in [5, 5.41) is 1.68. The zero-order valence-electron chi connectivity index (χ0n) is 18.0. The highest BCUT2D eigenvalue weighted by molar-refractivity contribution is 7.99. The number of benzene rings is 1. The lowest BCUT2D eigenvalue weighted by Gasteiger charge is -2.17. The molecule has 31 heavy (non-hydrogen) atoms. The Morgan fingerprint density at radius 2 is 2.19 bits per heavy atom. The van der Waals surface area contributed by atoms with Gasteiger partial charge in [-0.25, -0.2) is 9.97 Å². The summed E-state index contributed by atoms with van der Waals surface area (Å²) in [5.74, 6) is 1.38. The molecule has 2 atom stereocenters. The number of thiophene rings is 1. The topological polar surface area (TPSA) is 72.8 Å². The Morgan fingerprint density at radius 3 is 3.03 bits per heavy atom. The summed E-state index contributed by atoms with van der Waals surface area (Å²) < 4.78 is 7.49. The van der Waals surface area contributed by atoms with E-state index in [1.54, 1.807) is 30.2 Å². The number of aromatic amines is 1. The second-order valence-electron chi connectivity index (χ2n) is 8.27. The van der Waals surface area contributed by atoms with Crippen LogP contribution < -0.4 is 5.56 Å². The van der Waals surface area contributed by atoms with E-state index < -0.39 is 0 Å². The Hall–Kier alpha value is -2.16. The molecule has 1 aromatic carbocycles. The highest BCUT2D eigenvalue weighted by Crippen LogP contribution is 2.38. The van der Waals surface area contributed by atoms with E-state index in [2.05, 4.69) is 29.5 Å². The van der Waals surface area contributed by atoms with Gasteiger partial charge in [-0.15, -0.1) is 11.3 Å². The third kappa shape index (κ3) is 3.81. The number of nitrogens with one attached hydrogen (secondary N) is 1. The minimum absolute atomic E-state index is 0.00705. The molecule has 3 aromatic heterocycles. The number of hydrogen-bond donors (Lipinski definition) is 1. The number of aryl methyl sites for hydroxylation is 1. The van der Waals surface area contributed by atoms with Gasteiger partial charge in [-0.3, -0.25) is 4.79 Å². The van der Waals surface area contributed by atoms with Crippen molar-refractivity contribution in [3.8, 4) is 0 Å². The van der Waals surface area contributed by atoms with Crippen molar-refractivity contribution in [1.29, 1.82) is 0 Å². The van der Waals surface area contributed by atoms with Gasteiger partial charge < -0.3 is 14.3 Å². The quantitative estimate of drug-likeness (QED) is 0.417. The van der Waals surface area contributed by atoms with E-state index in [-0.39, 0.29) is 10.8 Å². The number of para-hydroxylation sites is 2. The van der Waals surface area contributed by atoms with Crippen molar-refractivity contribution in [2.24, 2.45) is 5.92 Å². The minimum atomic E-state index is -0.0340. The maximum Gasteiger partial charge on any atom is 0.259 e. The van der Waals surface area contributed by atoms with Gasteiger partial charge in [0.15, 0.2) is 5.16 Å². The van der Waals surface area contributed by atoms with E-state index in [9.17, 15) is 4.79 Å². The highest BCUT2D eigenvalue weighted by atomic mass is 32.2. The molecule has 162 valence electrons. The van der Waals surface area contributed by atoms with Crippen LogP contribution in [0.5, 0.6) is 0 Å². The minimum Gasteiger partial charge on any atom is -0.383 e. The number of aromatic nitrogens is 4. The lowest BCUT2D eigenvalue weighted by Crippen LogP contribution is -2.15. The molecule has 0 saturated carbocycles. The molecule has 0 spiro atoms. The number of methoxy groups -OCH3 is 1. The standard InChI is InChI=1S/C23H26N4O2S2/c1-13-8-9-15-18(12-13)31-22-19(15)21(28)25-20(26-22)14(2)30-23-24-16-6-4-5-7-17(16)27(23)10-11-29-3/h4-7,13-14H,8-12H2,1-3H3,(H,25,26,28). The Bertz CT molecular complexity index is 1310. The fraction of sp³-hybridized carbons (Fsp3) is 0.435. The van der Waals surface area contributed by atoms with Gasteiger partial charge in [0.25, 0.3) is 5.56 Å². The molecule has 0 fully saturated rings. The summed E-state index contributed by atoms with van der Waals surface area (Å²) in [5.41, 5.74) is 3.27. The Morgan fingerprint density at radius 1 is 1.35 bits per heavy atom. The first-order chi connectivity index (χ1) is 15.0. The van der Waals surface area contributed by atoms with Crippen molar-refractivity contribution in [3.63, 3.8) is 0 Å². The summed E-state index contributed by atoms with van der Waals surface area (Å²) in [6.07, 6.45) is 3.18. The number of ether oxygens (including phenoxy) is 1. The van der Waals surface area contributed by atoms with E-state index in [1.807, 2.05) is 18.2 Å². The summed E-state index contributed by atoms with van der Waals surface area (Å²) in [6.45, 7) is 5.70. The van der Waals surface area contributed by atoms with Crippen LogP contribution >= 0.6 is 23.1 Å². The summed E-state index contributed by atoms with van der Waals surface area (Å²) in [4.78, 5) is 28.0. The summed E-state index contributed by atoms with van der Waals surface area (Å²) in [7, 11) is 1.71. The maximum absolute atomic E-state index is 13.0. The molecule has 2 unspecified atom stereocenters. The lowest BCUT2D eigenvalue weighted by atomic mass is 9.89. The molecule has 0 saturated heterocycles. The van der Waals surface area contributed by atoms with Crippen LogP contribution in [0.15, 0.2) is 34.2 Å². The maximum atomic E-state index is 13.0. The average molecular weight is 455 g/mol. The van der Waals surface area contributed by atoms with Crippen molar-refractivity contribution in [1.82, 2.24) is 19.5 Å². The molecular weight excluding hydrogens is 428 g/mol. The molecule has 4 aromatic rings. The molecule has 0 aliphatic heterocycles. The van der Waals surface area contributed by atoms with Crippen molar-refractivity contribution in [2.45, 2.75) is 50.1 Å². The number of fused-ring (bicyclic) bond motifs is 4. The fourth-order valence-corrected chi connectivity index (χ4v) is 6.71. The number of H-pyrrole nitrogens is 1. The van der Waals surface area contributed by atoms with Gasteiger partial charge in [0.2, 0.25) is 0 Å². The van der Waals surface area contributed by atoms with Crippen LogP contribution in [-0.2, 0) is 24.1 Å². The molecule has 1 aliphatic carbocycles. The van der Waals surface area contributed by atoms with Crippen molar-refractivity contribution in [2.75, 3.05) is 13.7 Å². The first-order valence-corrected chi connectivity index (χ1v) is 12.4. The van der Waals surface area contributed by atoms with E-state index in [1.165, 1.54) is 10.4 Å². The number of thioether (sulfide) groups is 1. The van der Waals surface area contributed by atoms with Gasteiger partial charge >= 0.3 is 0 Å². The van der Waals surface area contributed by atoms with Crippen LogP contribution in [0.3, 0.4) is 0 Å². The Labute approximate surface area is 189 Å². The number of nitrogens with zero attached hydrogens (tertiary/aromatic N) is 3. The third-order valence-corrected chi connectivity index (χ3v) is 8.24. The van der Waals surface area contributed by atoms with Gasteiger partial charge in [-0.05, 0) is 49.8 Å². The second kappa shape index (κ2) is 8.41.